The highest BCUT2D eigenvalue weighted by atomic mass is 15.0. The number of benzene rings is 8. The van der Waals surface area contributed by atoms with Crippen LogP contribution in [0.1, 0.15) is 20.3 Å². The fourth-order valence-electron chi connectivity index (χ4n) is 7.63. The molecule has 0 atom stereocenters. The van der Waals surface area contributed by atoms with Crippen molar-refractivity contribution in [2.24, 2.45) is 0 Å². The molecule has 0 aliphatic carbocycles. The average molecular weight is 655 g/mol. The van der Waals surface area contributed by atoms with Crippen LogP contribution in [0.15, 0.2) is 182 Å². The molecule has 0 bridgehead atoms. The normalized spacial score (nSPS) is 11.4. The molecule has 2 aromatic heterocycles. The Morgan fingerprint density at radius 1 is 0.314 bits per heavy atom. The van der Waals surface area contributed by atoms with Crippen LogP contribution in [0.25, 0.3) is 88.0 Å². The largest absolute Gasteiger partial charge is 0.309 e. The van der Waals surface area contributed by atoms with E-state index in [-0.39, 0.29) is 0 Å². The molecule has 2 heteroatoms. The summed E-state index contributed by atoms with van der Waals surface area (Å²) in [5.74, 6) is 0. The summed E-state index contributed by atoms with van der Waals surface area (Å²) in [7, 11) is 0. The molecule has 10 rings (SSSR count). The predicted octanol–water partition coefficient (Wildman–Crippen LogP) is 13.8. The summed E-state index contributed by atoms with van der Waals surface area (Å²) in [6.45, 7) is 4.25. The molecule has 244 valence electrons. The first-order valence-corrected chi connectivity index (χ1v) is 17.9. The molecule has 0 amide bonds. The van der Waals surface area contributed by atoms with Gasteiger partial charge in [0, 0.05) is 32.9 Å². The van der Waals surface area contributed by atoms with Gasteiger partial charge in [-0.25, -0.2) is 0 Å². The Morgan fingerprint density at radius 3 is 1.41 bits per heavy atom. The average Bonchev–Trinajstić information content (AvgIpc) is 3.70. The van der Waals surface area contributed by atoms with Crippen LogP contribution >= 0.6 is 0 Å². The number of fused-ring (bicyclic) bond motifs is 7. The lowest BCUT2D eigenvalue weighted by molar-refractivity contribution is 1.09. The molecule has 0 unspecified atom stereocenters. The molecule has 0 spiro atoms. The first-order valence-electron chi connectivity index (χ1n) is 17.9. The summed E-state index contributed by atoms with van der Waals surface area (Å²) < 4.78 is 4.78. The predicted molar refractivity (Wildman–Crippen MR) is 219 cm³/mol. The van der Waals surface area contributed by atoms with Crippen LogP contribution in [-0.4, -0.2) is 9.13 Å². The minimum absolute atomic E-state index is 1.16. The molecule has 0 aliphatic heterocycles. The van der Waals surface area contributed by atoms with Crippen LogP contribution in [0.3, 0.4) is 0 Å². The van der Waals surface area contributed by atoms with Crippen molar-refractivity contribution in [2.75, 3.05) is 0 Å². The zero-order valence-corrected chi connectivity index (χ0v) is 28.9. The lowest BCUT2D eigenvalue weighted by Crippen LogP contribution is -1.94. The molecule has 51 heavy (non-hydrogen) atoms. The first-order chi connectivity index (χ1) is 25.2. The fraction of sp³-hybridized carbons (Fsp3) is 0.0612. The Morgan fingerprint density at radius 2 is 0.765 bits per heavy atom. The van der Waals surface area contributed by atoms with Gasteiger partial charge in [0.15, 0.2) is 0 Å². The van der Waals surface area contributed by atoms with Gasteiger partial charge in [-0.05, 0) is 99.8 Å². The topological polar surface area (TPSA) is 9.86 Å². The zero-order chi connectivity index (χ0) is 34.3. The molecule has 0 N–H and O–H groups in total. The number of hydrogen-bond acceptors (Lipinski definition) is 0. The van der Waals surface area contributed by atoms with Crippen LogP contribution in [0.4, 0.5) is 0 Å². The van der Waals surface area contributed by atoms with E-state index in [1.54, 1.807) is 0 Å². The smallest absolute Gasteiger partial charge is 0.0541 e. The Labute approximate surface area is 298 Å². The lowest BCUT2D eigenvalue weighted by atomic mass is 10.0. The van der Waals surface area contributed by atoms with Gasteiger partial charge in [0.25, 0.3) is 0 Å². The van der Waals surface area contributed by atoms with Gasteiger partial charge in [-0.2, -0.15) is 0 Å². The summed E-state index contributed by atoms with van der Waals surface area (Å²) >= 11 is 0. The maximum Gasteiger partial charge on any atom is 0.0541 e. The third-order valence-corrected chi connectivity index (χ3v) is 9.88. The number of hydrogen-bond donors (Lipinski definition) is 0. The SMILES string of the molecule is CCC.c1ccc(-n2c3ccccc3c3cc(-c4ccc5c(c4)c4ccccc4n5-c4cccc(-c5ccc6ccccc6c5)c4)ccc32)cc1. The molecule has 2 nitrogen and oxygen atoms in total. The van der Waals surface area contributed by atoms with Crippen molar-refractivity contribution in [3.05, 3.63) is 182 Å². The van der Waals surface area contributed by atoms with Crippen LogP contribution in [0, 0.1) is 0 Å². The van der Waals surface area contributed by atoms with E-state index in [0.717, 1.165) is 5.69 Å². The molecule has 0 fully saturated rings. The first kappa shape index (κ1) is 30.7. The van der Waals surface area contributed by atoms with Crippen LogP contribution < -0.4 is 0 Å². The van der Waals surface area contributed by atoms with E-state index in [4.69, 9.17) is 0 Å². The van der Waals surface area contributed by atoms with Crippen molar-refractivity contribution in [2.45, 2.75) is 20.3 Å². The molecule has 2 heterocycles. The minimum Gasteiger partial charge on any atom is -0.309 e. The van der Waals surface area contributed by atoms with Crippen molar-refractivity contribution in [1.82, 2.24) is 9.13 Å². The maximum absolute atomic E-state index is 2.41. The highest BCUT2D eigenvalue weighted by molar-refractivity contribution is 6.12. The second-order valence-corrected chi connectivity index (χ2v) is 13.3. The number of aromatic nitrogens is 2. The molecule has 0 aliphatic rings. The van der Waals surface area contributed by atoms with Crippen LogP contribution in [0.2, 0.25) is 0 Å². The van der Waals surface area contributed by atoms with Gasteiger partial charge >= 0.3 is 0 Å². The van der Waals surface area contributed by atoms with E-state index in [1.807, 2.05) is 0 Å². The van der Waals surface area contributed by atoms with Crippen molar-refractivity contribution in [3.63, 3.8) is 0 Å². The van der Waals surface area contributed by atoms with E-state index in [1.165, 1.54) is 88.7 Å². The maximum atomic E-state index is 2.41. The summed E-state index contributed by atoms with van der Waals surface area (Å²) in [5, 5.41) is 7.56. The molecular weight excluding hydrogens is 617 g/mol. The highest BCUT2D eigenvalue weighted by Crippen LogP contribution is 2.38. The Kier molecular flexibility index (Phi) is 7.71. The third kappa shape index (κ3) is 5.28. The number of para-hydroxylation sites is 3. The minimum atomic E-state index is 1.16. The van der Waals surface area contributed by atoms with E-state index in [9.17, 15) is 0 Å². The standard InChI is InChI=1S/C46H30N2.C3H8/c1-2-14-37(15-3-1)47-43-19-8-6-17-39(43)41-29-35(23-25-45(41)47)36-24-26-46-42(30-36)40-18-7-9-20-44(40)48(46)38-16-10-13-33(28-38)34-22-21-31-11-4-5-12-32(31)27-34;1-3-2/h1-30H;3H2,1-2H3. The Hall–Kier alpha value is -6.38. The summed E-state index contributed by atoms with van der Waals surface area (Å²) in [6, 6.07) is 66.3. The highest BCUT2D eigenvalue weighted by Gasteiger charge is 2.16. The van der Waals surface area contributed by atoms with Crippen molar-refractivity contribution < 1.29 is 0 Å². The van der Waals surface area contributed by atoms with Crippen LogP contribution in [0.5, 0.6) is 0 Å². The molecule has 10 aromatic rings. The molecule has 0 radical (unpaired) electrons. The third-order valence-electron chi connectivity index (χ3n) is 9.88. The summed E-state index contributed by atoms with van der Waals surface area (Å²) in [4.78, 5) is 0. The second-order valence-electron chi connectivity index (χ2n) is 13.3. The van der Waals surface area contributed by atoms with Gasteiger partial charge in [0.05, 0.1) is 22.1 Å². The van der Waals surface area contributed by atoms with Crippen molar-refractivity contribution >= 4 is 54.4 Å². The van der Waals surface area contributed by atoms with Gasteiger partial charge in [-0.1, -0.05) is 136 Å². The zero-order valence-electron chi connectivity index (χ0n) is 28.9. The quantitative estimate of drug-likeness (QED) is 0.179. The Balaban J connectivity index is 0.00000112. The van der Waals surface area contributed by atoms with Crippen LogP contribution in [-0.2, 0) is 0 Å². The molecule has 0 saturated heterocycles. The number of nitrogens with zero attached hydrogens (tertiary/aromatic N) is 2. The van der Waals surface area contributed by atoms with E-state index >= 15 is 0 Å². The van der Waals surface area contributed by atoms with Crippen molar-refractivity contribution in [3.8, 4) is 33.6 Å². The van der Waals surface area contributed by atoms with Gasteiger partial charge in [0.2, 0.25) is 0 Å². The molecular formula is C49H38N2. The van der Waals surface area contributed by atoms with E-state index in [0.29, 0.717) is 0 Å². The van der Waals surface area contributed by atoms with Gasteiger partial charge < -0.3 is 9.13 Å². The summed E-state index contributed by atoms with van der Waals surface area (Å²) in [6.07, 6.45) is 1.25. The Bertz CT molecular complexity index is 2850. The molecule has 0 saturated carbocycles. The number of rotatable bonds is 4. The van der Waals surface area contributed by atoms with E-state index < -0.39 is 0 Å². The van der Waals surface area contributed by atoms with Gasteiger partial charge in [-0.15, -0.1) is 0 Å². The summed E-state index contributed by atoms with van der Waals surface area (Å²) in [5.41, 5.74) is 12.1. The van der Waals surface area contributed by atoms with Gasteiger partial charge in [0.1, 0.15) is 0 Å². The molecule has 8 aromatic carbocycles. The van der Waals surface area contributed by atoms with E-state index in [2.05, 4.69) is 205 Å². The second kappa shape index (κ2) is 12.8. The fourth-order valence-corrected chi connectivity index (χ4v) is 7.63. The lowest BCUT2D eigenvalue weighted by Gasteiger charge is -2.11. The van der Waals surface area contributed by atoms with Crippen molar-refractivity contribution in [1.29, 1.82) is 0 Å². The van der Waals surface area contributed by atoms with Gasteiger partial charge in [-0.3, -0.25) is 0 Å². The monoisotopic (exact) mass is 654 g/mol.